The van der Waals surface area contributed by atoms with Crippen molar-refractivity contribution in [1.29, 1.82) is 0 Å². The topological polar surface area (TPSA) is 59.4 Å². The fourth-order valence-corrected chi connectivity index (χ4v) is 2.08. The molecule has 0 aliphatic carbocycles. The first kappa shape index (κ1) is 12.0. The summed E-state index contributed by atoms with van der Waals surface area (Å²) < 4.78 is 1.91. The highest BCUT2D eigenvalue weighted by Gasteiger charge is 2.11. The molecule has 0 spiro atoms. The average Bonchev–Trinajstić information content (AvgIpc) is 2.76. The minimum Gasteiger partial charge on any atom is -0.370 e. The van der Waals surface area contributed by atoms with Crippen LogP contribution < -0.4 is 5.73 Å². The first-order chi connectivity index (χ1) is 8.25. The Morgan fingerprint density at radius 2 is 2.18 bits per heavy atom. The maximum Gasteiger partial charge on any atom is 0.191 e. The quantitative estimate of drug-likeness (QED) is 0.628. The van der Waals surface area contributed by atoms with Crippen molar-refractivity contribution >= 4 is 5.96 Å². The van der Waals surface area contributed by atoms with E-state index >= 15 is 0 Å². The summed E-state index contributed by atoms with van der Waals surface area (Å²) in [6.45, 7) is 5.63. The van der Waals surface area contributed by atoms with Gasteiger partial charge in [-0.1, -0.05) is 0 Å². The second kappa shape index (κ2) is 5.70. The van der Waals surface area contributed by atoms with E-state index in [-0.39, 0.29) is 0 Å². The molecule has 5 nitrogen and oxygen atoms in total. The molecule has 0 bridgehead atoms. The van der Waals surface area contributed by atoms with Gasteiger partial charge in [0, 0.05) is 19.3 Å². The number of likely N-dealkylation sites (tertiary alicyclic amines) is 1. The van der Waals surface area contributed by atoms with Gasteiger partial charge in [-0.05, 0) is 31.7 Å². The number of guanidine groups is 1. The lowest BCUT2D eigenvalue weighted by molar-refractivity contribution is 0.338. The normalized spacial score (nSPS) is 17.5. The summed E-state index contributed by atoms with van der Waals surface area (Å²) in [7, 11) is 0. The molecule has 2 N–H and O–H groups in total. The van der Waals surface area contributed by atoms with E-state index in [2.05, 4.69) is 15.0 Å². The van der Waals surface area contributed by atoms with Gasteiger partial charge in [-0.3, -0.25) is 9.67 Å². The summed E-state index contributed by atoms with van der Waals surface area (Å²) >= 11 is 0. The zero-order valence-electron chi connectivity index (χ0n) is 10.5. The highest BCUT2D eigenvalue weighted by molar-refractivity contribution is 5.78. The number of nitrogens with zero attached hydrogens (tertiary/aromatic N) is 4. The molecule has 1 aliphatic heterocycles. The van der Waals surface area contributed by atoms with Crippen molar-refractivity contribution in [2.75, 3.05) is 19.6 Å². The van der Waals surface area contributed by atoms with E-state index in [1.165, 1.54) is 24.8 Å². The van der Waals surface area contributed by atoms with Crippen molar-refractivity contribution in [3.05, 3.63) is 18.0 Å². The number of hydrogen-bond acceptors (Lipinski definition) is 2. The van der Waals surface area contributed by atoms with Crippen LogP contribution in [0.4, 0.5) is 0 Å². The van der Waals surface area contributed by atoms with Crippen LogP contribution in [0.25, 0.3) is 0 Å². The molecule has 0 saturated carbocycles. The number of aromatic nitrogens is 2. The van der Waals surface area contributed by atoms with E-state index in [0.29, 0.717) is 12.5 Å². The van der Waals surface area contributed by atoms with Gasteiger partial charge in [-0.25, -0.2) is 0 Å². The van der Waals surface area contributed by atoms with E-state index in [9.17, 15) is 0 Å². The van der Waals surface area contributed by atoms with E-state index in [0.717, 1.165) is 19.6 Å². The third-order valence-electron chi connectivity index (χ3n) is 3.05. The van der Waals surface area contributed by atoms with Crippen LogP contribution in [0.1, 0.15) is 24.8 Å². The van der Waals surface area contributed by atoms with E-state index in [4.69, 9.17) is 5.73 Å². The third-order valence-corrected chi connectivity index (χ3v) is 3.05. The summed E-state index contributed by atoms with van der Waals surface area (Å²) in [4.78, 5) is 6.59. The van der Waals surface area contributed by atoms with Gasteiger partial charge in [0.15, 0.2) is 5.96 Å². The van der Waals surface area contributed by atoms with Gasteiger partial charge >= 0.3 is 0 Å². The van der Waals surface area contributed by atoms with Crippen LogP contribution in [-0.2, 0) is 6.54 Å². The average molecular weight is 235 g/mol. The second-order valence-electron chi connectivity index (χ2n) is 4.57. The van der Waals surface area contributed by atoms with Gasteiger partial charge in [0.25, 0.3) is 0 Å². The van der Waals surface area contributed by atoms with Crippen LogP contribution in [0.15, 0.2) is 17.4 Å². The van der Waals surface area contributed by atoms with Gasteiger partial charge in [0.05, 0.1) is 19.3 Å². The van der Waals surface area contributed by atoms with Crippen LogP contribution >= 0.6 is 0 Å². The lowest BCUT2D eigenvalue weighted by Crippen LogP contribution is -2.41. The standard InChI is InChI=1S/C12H21N5/c1-11-9-15-17(10-11)8-5-14-12(13)16-6-3-2-4-7-16/h9-10H,2-8H2,1H3,(H2,13,14). The molecule has 0 radical (unpaired) electrons. The molecule has 5 heteroatoms. The number of rotatable bonds is 3. The Bertz CT molecular complexity index is 376. The molecule has 1 saturated heterocycles. The summed E-state index contributed by atoms with van der Waals surface area (Å²) in [5, 5.41) is 4.22. The van der Waals surface area contributed by atoms with Gasteiger partial charge in [0.1, 0.15) is 0 Å². The molecule has 2 rings (SSSR count). The minimum absolute atomic E-state index is 0.688. The Labute approximate surface area is 102 Å². The summed E-state index contributed by atoms with van der Waals surface area (Å²) in [5.74, 6) is 0.688. The Kier molecular flexibility index (Phi) is 4.01. The zero-order chi connectivity index (χ0) is 12.1. The van der Waals surface area contributed by atoms with Crippen molar-refractivity contribution in [3.8, 4) is 0 Å². The number of piperidine rings is 1. The lowest BCUT2D eigenvalue weighted by atomic mass is 10.1. The molecule has 1 aromatic heterocycles. The largest absolute Gasteiger partial charge is 0.370 e. The van der Waals surface area contributed by atoms with Crippen molar-refractivity contribution in [3.63, 3.8) is 0 Å². The molecule has 0 amide bonds. The Morgan fingerprint density at radius 3 is 2.82 bits per heavy atom. The molecular formula is C12H21N5. The smallest absolute Gasteiger partial charge is 0.191 e. The summed E-state index contributed by atoms with van der Waals surface area (Å²) in [5.41, 5.74) is 7.14. The molecule has 17 heavy (non-hydrogen) atoms. The fraction of sp³-hybridized carbons (Fsp3) is 0.667. The molecule has 0 atom stereocenters. The molecule has 1 aliphatic rings. The summed E-state index contributed by atoms with van der Waals surface area (Å²) in [6, 6.07) is 0. The fourth-order valence-electron chi connectivity index (χ4n) is 2.08. The molecule has 94 valence electrons. The van der Waals surface area contributed by atoms with Gasteiger partial charge < -0.3 is 10.6 Å². The number of aliphatic imine (C=N–C) groups is 1. The monoisotopic (exact) mass is 235 g/mol. The summed E-state index contributed by atoms with van der Waals surface area (Å²) in [6.07, 6.45) is 7.66. The predicted molar refractivity (Wildman–Crippen MR) is 68.9 cm³/mol. The predicted octanol–water partition coefficient (Wildman–Crippen LogP) is 0.992. The van der Waals surface area contributed by atoms with Crippen molar-refractivity contribution < 1.29 is 0 Å². The van der Waals surface area contributed by atoms with Crippen molar-refractivity contribution in [2.45, 2.75) is 32.7 Å². The second-order valence-corrected chi connectivity index (χ2v) is 4.57. The highest BCUT2D eigenvalue weighted by atomic mass is 15.3. The molecule has 1 aromatic rings. The third kappa shape index (κ3) is 3.47. The van der Waals surface area contributed by atoms with Gasteiger partial charge in [-0.2, -0.15) is 5.10 Å². The van der Waals surface area contributed by atoms with Crippen LogP contribution in [0, 0.1) is 6.92 Å². The Balaban J connectivity index is 1.79. The van der Waals surface area contributed by atoms with Gasteiger partial charge in [0.2, 0.25) is 0 Å². The SMILES string of the molecule is Cc1cnn(CCN=C(N)N2CCCCC2)c1. The maximum atomic E-state index is 5.96. The highest BCUT2D eigenvalue weighted by Crippen LogP contribution is 2.07. The first-order valence-corrected chi connectivity index (χ1v) is 6.29. The van der Waals surface area contributed by atoms with E-state index in [1.807, 2.05) is 24.0 Å². The van der Waals surface area contributed by atoms with Crippen LogP contribution in [0.2, 0.25) is 0 Å². The number of nitrogens with two attached hydrogens (primary N) is 1. The minimum atomic E-state index is 0.688. The Hall–Kier alpha value is -1.52. The first-order valence-electron chi connectivity index (χ1n) is 6.29. The van der Waals surface area contributed by atoms with Crippen molar-refractivity contribution in [2.24, 2.45) is 10.7 Å². The molecular weight excluding hydrogens is 214 g/mol. The molecule has 2 heterocycles. The van der Waals surface area contributed by atoms with E-state index < -0.39 is 0 Å². The maximum absolute atomic E-state index is 5.96. The van der Waals surface area contributed by atoms with E-state index in [1.54, 1.807) is 0 Å². The number of hydrogen-bond donors (Lipinski definition) is 1. The van der Waals surface area contributed by atoms with Crippen molar-refractivity contribution in [1.82, 2.24) is 14.7 Å². The Morgan fingerprint density at radius 1 is 1.41 bits per heavy atom. The zero-order valence-corrected chi connectivity index (χ0v) is 10.5. The van der Waals surface area contributed by atoms with Crippen LogP contribution in [0.5, 0.6) is 0 Å². The lowest BCUT2D eigenvalue weighted by Gasteiger charge is -2.27. The van der Waals surface area contributed by atoms with Crippen LogP contribution in [0.3, 0.4) is 0 Å². The van der Waals surface area contributed by atoms with Crippen LogP contribution in [-0.4, -0.2) is 40.3 Å². The number of aryl methyl sites for hydroxylation is 1. The molecule has 0 unspecified atom stereocenters. The molecule has 0 aromatic carbocycles. The van der Waals surface area contributed by atoms with Gasteiger partial charge in [-0.15, -0.1) is 0 Å². The molecule has 1 fully saturated rings.